The second-order valence-corrected chi connectivity index (χ2v) is 3.86. The van der Waals surface area contributed by atoms with Crippen LogP contribution < -0.4 is 14.8 Å². The van der Waals surface area contributed by atoms with Crippen LogP contribution in [0.3, 0.4) is 0 Å². The summed E-state index contributed by atoms with van der Waals surface area (Å²) in [7, 11) is 5.01. The van der Waals surface area contributed by atoms with Gasteiger partial charge in [0.15, 0.2) is 11.5 Å². The molecule has 1 aromatic heterocycles. The van der Waals surface area contributed by atoms with E-state index in [4.69, 9.17) is 21.1 Å². The Morgan fingerprint density at radius 3 is 2.35 bits per heavy atom. The van der Waals surface area contributed by atoms with Crippen LogP contribution in [0.15, 0.2) is 18.2 Å². The van der Waals surface area contributed by atoms with E-state index in [0.29, 0.717) is 22.5 Å². The topological polar surface area (TPSA) is 43.4 Å². The number of pyridine rings is 1. The third kappa shape index (κ3) is 2.08. The Morgan fingerprint density at radius 1 is 1.12 bits per heavy atom. The molecule has 1 aromatic carbocycles. The van der Waals surface area contributed by atoms with E-state index in [1.54, 1.807) is 27.3 Å². The number of methoxy groups -OCH3 is 2. The van der Waals surface area contributed by atoms with Gasteiger partial charge in [0.2, 0.25) is 0 Å². The van der Waals surface area contributed by atoms with E-state index in [2.05, 4.69) is 10.3 Å². The number of hydrogen-bond acceptors (Lipinski definition) is 4. The zero-order valence-electron chi connectivity index (χ0n) is 9.87. The summed E-state index contributed by atoms with van der Waals surface area (Å²) in [5.41, 5.74) is 0. The Kier molecular flexibility index (Phi) is 3.24. The maximum atomic E-state index is 5.95. The predicted molar refractivity (Wildman–Crippen MR) is 69.4 cm³/mol. The van der Waals surface area contributed by atoms with Gasteiger partial charge in [-0.25, -0.2) is 4.98 Å². The highest BCUT2D eigenvalue weighted by Crippen LogP contribution is 2.35. The van der Waals surface area contributed by atoms with Crippen molar-refractivity contribution in [3.8, 4) is 11.5 Å². The molecule has 0 saturated heterocycles. The van der Waals surface area contributed by atoms with E-state index >= 15 is 0 Å². The summed E-state index contributed by atoms with van der Waals surface area (Å²) in [6.07, 6.45) is 0. The van der Waals surface area contributed by atoms with Crippen molar-refractivity contribution in [2.24, 2.45) is 0 Å². The van der Waals surface area contributed by atoms with Crippen LogP contribution in [0.1, 0.15) is 0 Å². The summed E-state index contributed by atoms with van der Waals surface area (Å²) in [5.74, 6) is 2.05. The second-order valence-electron chi connectivity index (χ2n) is 3.47. The van der Waals surface area contributed by atoms with Gasteiger partial charge in [-0.2, -0.15) is 0 Å². The van der Waals surface area contributed by atoms with Crippen molar-refractivity contribution < 1.29 is 9.47 Å². The number of hydrogen-bond donors (Lipinski definition) is 1. The number of ether oxygens (including phenoxy) is 2. The van der Waals surface area contributed by atoms with Crippen LogP contribution in [-0.4, -0.2) is 26.3 Å². The molecule has 0 atom stereocenters. The summed E-state index contributed by atoms with van der Waals surface area (Å²) >= 11 is 5.95. The van der Waals surface area contributed by atoms with Gasteiger partial charge in [-0.3, -0.25) is 0 Å². The molecule has 2 rings (SSSR count). The quantitative estimate of drug-likeness (QED) is 0.853. The monoisotopic (exact) mass is 252 g/mol. The van der Waals surface area contributed by atoms with Crippen molar-refractivity contribution in [3.63, 3.8) is 0 Å². The Bertz CT molecular complexity index is 558. The molecular weight excluding hydrogens is 240 g/mol. The number of halogens is 1. The van der Waals surface area contributed by atoms with Gasteiger partial charge in [0.05, 0.1) is 14.2 Å². The molecule has 4 nitrogen and oxygen atoms in total. The average Bonchev–Trinajstić information content (AvgIpc) is 2.35. The lowest BCUT2D eigenvalue weighted by atomic mass is 10.1. The van der Waals surface area contributed by atoms with Crippen LogP contribution in [0.2, 0.25) is 5.15 Å². The number of fused-ring (bicyclic) bond motifs is 1. The molecule has 0 radical (unpaired) electrons. The second kappa shape index (κ2) is 4.67. The number of nitrogens with one attached hydrogen (secondary N) is 1. The minimum Gasteiger partial charge on any atom is -0.493 e. The number of aromatic nitrogens is 1. The van der Waals surface area contributed by atoms with Gasteiger partial charge in [-0.05, 0) is 23.6 Å². The van der Waals surface area contributed by atoms with E-state index in [-0.39, 0.29) is 0 Å². The molecule has 0 saturated carbocycles. The van der Waals surface area contributed by atoms with Gasteiger partial charge in [0.1, 0.15) is 11.0 Å². The molecule has 0 aliphatic heterocycles. The van der Waals surface area contributed by atoms with Crippen LogP contribution in [0.25, 0.3) is 10.8 Å². The highest BCUT2D eigenvalue weighted by molar-refractivity contribution is 6.30. The first-order valence-electron chi connectivity index (χ1n) is 5.09. The van der Waals surface area contributed by atoms with Crippen LogP contribution in [0.4, 0.5) is 5.82 Å². The molecule has 1 N–H and O–H groups in total. The van der Waals surface area contributed by atoms with E-state index in [1.165, 1.54) is 0 Å². The molecule has 0 aliphatic carbocycles. The summed E-state index contributed by atoms with van der Waals surface area (Å²) in [6, 6.07) is 5.55. The van der Waals surface area contributed by atoms with Gasteiger partial charge in [0, 0.05) is 12.4 Å². The van der Waals surface area contributed by atoms with Crippen molar-refractivity contribution in [1.29, 1.82) is 0 Å². The molecule has 5 heteroatoms. The molecule has 0 spiro atoms. The van der Waals surface area contributed by atoms with E-state index < -0.39 is 0 Å². The van der Waals surface area contributed by atoms with Crippen molar-refractivity contribution in [2.45, 2.75) is 0 Å². The van der Waals surface area contributed by atoms with Crippen molar-refractivity contribution in [1.82, 2.24) is 4.98 Å². The lowest BCUT2D eigenvalue weighted by Crippen LogP contribution is -1.96. The summed E-state index contributed by atoms with van der Waals surface area (Å²) in [6.45, 7) is 0. The number of nitrogens with zero attached hydrogens (tertiary/aromatic N) is 1. The molecule has 0 unspecified atom stereocenters. The molecule has 0 fully saturated rings. The van der Waals surface area contributed by atoms with E-state index in [0.717, 1.165) is 10.8 Å². The lowest BCUT2D eigenvalue weighted by Gasteiger charge is -2.11. The average molecular weight is 253 g/mol. The highest BCUT2D eigenvalue weighted by atomic mass is 35.5. The maximum Gasteiger partial charge on any atom is 0.161 e. The van der Waals surface area contributed by atoms with Crippen LogP contribution in [0, 0.1) is 0 Å². The van der Waals surface area contributed by atoms with Crippen molar-refractivity contribution in [2.75, 3.05) is 26.6 Å². The zero-order chi connectivity index (χ0) is 12.4. The van der Waals surface area contributed by atoms with E-state index in [9.17, 15) is 0 Å². The SMILES string of the molecule is CNc1nc(Cl)cc2cc(OC)c(OC)cc12. The smallest absolute Gasteiger partial charge is 0.161 e. The van der Waals surface area contributed by atoms with Crippen LogP contribution in [-0.2, 0) is 0 Å². The molecule has 0 amide bonds. The van der Waals surface area contributed by atoms with E-state index in [1.807, 2.05) is 12.1 Å². The fourth-order valence-electron chi connectivity index (χ4n) is 1.74. The number of benzene rings is 1. The molecule has 2 aromatic rings. The van der Waals surface area contributed by atoms with Crippen molar-refractivity contribution in [3.05, 3.63) is 23.4 Å². The van der Waals surface area contributed by atoms with Gasteiger partial charge >= 0.3 is 0 Å². The Labute approximate surface area is 105 Å². The summed E-state index contributed by atoms with van der Waals surface area (Å²) < 4.78 is 10.5. The molecule has 0 bridgehead atoms. The first kappa shape index (κ1) is 11.8. The molecule has 90 valence electrons. The van der Waals surface area contributed by atoms with Crippen molar-refractivity contribution >= 4 is 28.2 Å². The minimum absolute atomic E-state index is 0.439. The van der Waals surface area contributed by atoms with Gasteiger partial charge in [0.25, 0.3) is 0 Å². The third-order valence-corrected chi connectivity index (χ3v) is 2.73. The Balaban J connectivity index is 2.77. The number of anilines is 1. The van der Waals surface area contributed by atoms with Crippen LogP contribution >= 0.6 is 11.6 Å². The normalized spacial score (nSPS) is 10.4. The first-order valence-corrected chi connectivity index (χ1v) is 5.47. The third-order valence-electron chi connectivity index (χ3n) is 2.54. The minimum atomic E-state index is 0.439. The zero-order valence-corrected chi connectivity index (χ0v) is 10.6. The molecule has 1 heterocycles. The first-order chi connectivity index (χ1) is 8.19. The molecular formula is C12H13ClN2O2. The summed E-state index contributed by atoms with van der Waals surface area (Å²) in [5, 5.41) is 5.34. The Morgan fingerprint density at radius 2 is 1.76 bits per heavy atom. The molecule has 0 aliphatic rings. The number of rotatable bonds is 3. The highest BCUT2D eigenvalue weighted by Gasteiger charge is 2.10. The predicted octanol–water partition coefficient (Wildman–Crippen LogP) is 2.95. The lowest BCUT2D eigenvalue weighted by molar-refractivity contribution is 0.356. The fourth-order valence-corrected chi connectivity index (χ4v) is 1.94. The largest absolute Gasteiger partial charge is 0.493 e. The standard InChI is InChI=1S/C12H13ClN2O2/c1-14-12-8-6-10(17-3)9(16-2)4-7(8)5-11(13)15-12/h4-6H,1-3H3,(H,14,15). The maximum absolute atomic E-state index is 5.95. The summed E-state index contributed by atoms with van der Waals surface area (Å²) in [4.78, 5) is 4.21. The fraction of sp³-hybridized carbons (Fsp3) is 0.250. The van der Waals surface area contributed by atoms with Crippen LogP contribution in [0.5, 0.6) is 11.5 Å². The molecule has 17 heavy (non-hydrogen) atoms. The Hall–Kier alpha value is -1.68. The van der Waals surface area contributed by atoms with Gasteiger partial charge < -0.3 is 14.8 Å². The van der Waals surface area contributed by atoms with Gasteiger partial charge in [-0.15, -0.1) is 0 Å². The van der Waals surface area contributed by atoms with Gasteiger partial charge in [-0.1, -0.05) is 11.6 Å².